The van der Waals surface area contributed by atoms with Crippen LogP contribution in [0.25, 0.3) is 11.4 Å². The first kappa shape index (κ1) is 15.3. The summed E-state index contributed by atoms with van der Waals surface area (Å²) in [6, 6.07) is 13.9. The van der Waals surface area contributed by atoms with Gasteiger partial charge in [0.1, 0.15) is 5.75 Å². The molecule has 0 saturated carbocycles. The Bertz CT molecular complexity index is 911. The molecule has 3 aromatic rings. The molecule has 0 amide bonds. The number of benzene rings is 2. The molecule has 0 atom stereocenters. The molecule has 0 aliphatic rings. The van der Waals surface area contributed by atoms with Crippen molar-refractivity contribution in [2.45, 2.75) is 11.8 Å². The van der Waals surface area contributed by atoms with E-state index in [0.717, 1.165) is 5.56 Å². The third-order valence-electron chi connectivity index (χ3n) is 3.53. The van der Waals surface area contributed by atoms with E-state index in [2.05, 4.69) is 4.98 Å². The summed E-state index contributed by atoms with van der Waals surface area (Å²) in [5.41, 5.74) is 1.71. The molecular weight excluding hydrogens is 312 g/mol. The van der Waals surface area contributed by atoms with Crippen molar-refractivity contribution in [3.8, 4) is 17.1 Å². The van der Waals surface area contributed by atoms with Gasteiger partial charge in [-0.15, -0.1) is 0 Å². The van der Waals surface area contributed by atoms with E-state index in [9.17, 15) is 8.42 Å². The van der Waals surface area contributed by atoms with Crippen molar-refractivity contribution >= 4 is 10.0 Å². The SMILES string of the molecule is COc1ccc(-c2nccn2S(=O)(=O)c2ccc(C)cc2)cc1. The van der Waals surface area contributed by atoms with Gasteiger partial charge in [-0.25, -0.2) is 17.4 Å². The van der Waals surface area contributed by atoms with Crippen LogP contribution in [0.15, 0.2) is 65.8 Å². The van der Waals surface area contributed by atoms with E-state index in [4.69, 9.17) is 4.74 Å². The van der Waals surface area contributed by atoms with Crippen LogP contribution in [0.3, 0.4) is 0 Å². The lowest BCUT2D eigenvalue weighted by atomic mass is 10.2. The summed E-state index contributed by atoms with van der Waals surface area (Å²) in [5, 5.41) is 0. The highest BCUT2D eigenvalue weighted by atomic mass is 32.2. The van der Waals surface area contributed by atoms with Crippen LogP contribution < -0.4 is 4.74 Å². The molecule has 0 aliphatic heterocycles. The van der Waals surface area contributed by atoms with Gasteiger partial charge < -0.3 is 4.74 Å². The summed E-state index contributed by atoms with van der Waals surface area (Å²) in [4.78, 5) is 4.43. The van der Waals surface area contributed by atoms with Gasteiger partial charge in [0.15, 0.2) is 5.82 Å². The molecule has 0 fully saturated rings. The van der Waals surface area contributed by atoms with Gasteiger partial charge in [-0.2, -0.15) is 0 Å². The number of rotatable bonds is 4. The number of aromatic nitrogens is 2. The zero-order chi connectivity index (χ0) is 16.4. The molecule has 5 nitrogen and oxygen atoms in total. The molecule has 1 aromatic heterocycles. The summed E-state index contributed by atoms with van der Waals surface area (Å²) in [6.07, 6.45) is 2.93. The predicted molar refractivity (Wildman–Crippen MR) is 88.0 cm³/mol. The summed E-state index contributed by atoms with van der Waals surface area (Å²) in [5.74, 6) is 1.07. The van der Waals surface area contributed by atoms with E-state index in [-0.39, 0.29) is 4.90 Å². The zero-order valence-electron chi connectivity index (χ0n) is 12.8. The molecule has 0 aliphatic carbocycles. The number of hydrogen-bond acceptors (Lipinski definition) is 4. The third kappa shape index (κ3) is 2.85. The van der Waals surface area contributed by atoms with Crippen LogP contribution in [0.1, 0.15) is 5.56 Å². The Morgan fingerprint density at radius 2 is 1.65 bits per heavy atom. The third-order valence-corrected chi connectivity index (χ3v) is 5.21. The highest BCUT2D eigenvalue weighted by molar-refractivity contribution is 7.90. The van der Waals surface area contributed by atoms with Crippen molar-refractivity contribution < 1.29 is 13.2 Å². The Hall–Kier alpha value is -2.60. The summed E-state index contributed by atoms with van der Waals surface area (Å²) in [7, 11) is -2.10. The topological polar surface area (TPSA) is 61.2 Å². The zero-order valence-corrected chi connectivity index (χ0v) is 13.6. The van der Waals surface area contributed by atoms with E-state index < -0.39 is 10.0 Å². The van der Waals surface area contributed by atoms with Gasteiger partial charge in [-0.1, -0.05) is 17.7 Å². The lowest BCUT2D eigenvalue weighted by Crippen LogP contribution is -2.13. The number of methoxy groups -OCH3 is 1. The second-order valence-electron chi connectivity index (χ2n) is 5.09. The number of ether oxygens (including phenoxy) is 1. The number of imidazole rings is 1. The highest BCUT2D eigenvalue weighted by Crippen LogP contribution is 2.24. The Morgan fingerprint density at radius 1 is 1.00 bits per heavy atom. The minimum absolute atomic E-state index is 0.232. The van der Waals surface area contributed by atoms with Crippen molar-refractivity contribution in [3.63, 3.8) is 0 Å². The standard InChI is InChI=1S/C17H16N2O3S/c1-13-3-9-16(10-4-13)23(20,21)19-12-11-18-17(19)14-5-7-15(22-2)8-6-14/h3-12H,1-2H3. The van der Waals surface area contributed by atoms with Gasteiger partial charge in [0.2, 0.25) is 0 Å². The van der Waals surface area contributed by atoms with E-state index in [1.807, 2.05) is 6.92 Å². The normalized spacial score (nSPS) is 11.4. The van der Waals surface area contributed by atoms with Gasteiger partial charge in [-0.05, 0) is 43.3 Å². The van der Waals surface area contributed by atoms with Crippen LogP contribution in [0, 0.1) is 6.92 Å². The molecule has 0 saturated heterocycles. The minimum Gasteiger partial charge on any atom is -0.497 e. The second-order valence-corrected chi connectivity index (χ2v) is 6.91. The molecular formula is C17H16N2O3S. The average molecular weight is 328 g/mol. The summed E-state index contributed by atoms with van der Waals surface area (Å²) in [6.45, 7) is 1.91. The van der Waals surface area contributed by atoms with Crippen molar-refractivity contribution in [1.29, 1.82) is 0 Å². The molecule has 3 rings (SSSR count). The molecule has 0 unspecified atom stereocenters. The minimum atomic E-state index is -3.68. The molecule has 0 radical (unpaired) electrons. The van der Waals surface area contributed by atoms with E-state index in [0.29, 0.717) is 17.1 Å². The largest absolute Gasteiger partial charge is 0.497 e. The number of aryl methyl sites for hydroxylation is 1. The van der Waals surface area contributed by atoms with Crippen LogP contribution in [-0.2, 0) is 10.0 Å². The van der Waals surface area contributed by atoms with E-state index in [1.54, 1.807) is 55.6 Å². The Labute approximate surface area is 135 Å². The van der Waals surface area contributed by atoms with Crippen LogP contribution >= 0.6 is 0 Å². The lowest BCUT2D eigenvalue weighted by Gasteiger charge is -2.10. The van der Waals surface area contributed by atoms with E-state index in [1.165, 1.54) is 16.4 Å². The fourth-order valence-electron chi connectivity index (χ4n) is 2.25. The Kier molecular flexibility index (Phi) is 3.92. The molecule has 1 heterocycles. The van der Waals surface area contributed by atoms with Crippen molar-refractivity contribution in [3.05, 3.63) is 66.5 Å². The highest BCUT2D eigenvalue weighted by Gasteiger charge is 2.20. The summed E-state index contributed by atoms with van der Waals surface area (Å²) >= 11 is 0. The maximum Gasteiger partial charge on any atom is 0.269 e. The second kappa shape index (κ2) is 5.89. The molecule has 6 heteroatoms. The predicted octanol–water partition coefficient (Wildman–Crippen LogP) is 3.10. The fraction of sp³-hybridized carbons (Fsp3) is 0.118. The lowest BCUT2D eigenvalue weighted by molar-refractivity contribution is 0.415. The van der Waals surface area contributed by atoms with Crippen LogP contribution in [-0.4, -0.2) is 24.5 Å². The molecule has 118 valence electrons. The quantitative estimate of drug-likeness (QED) is 0.738. The van der Waals surface area contributed by atoms with E-state index >= 15 is 0 Å². The summed E-state index contributed by atoms with van der Waals surface area (Å²) < 4.78 is 32.0. The molecule has 0 N–H and O–H groups in total. The molecule has 0 bridgehead atoms. The fourth-order valence-corrected chi connectivity index (χ4v) is 3.55. The smallest absolute Gasteiger partial charge is 0.269 e. The van der Waals surface area contributed by atoms with Crippen molar-refractivity contribution in [2.75, 3.05) is 7.11 Å². The van der Waals surface area contributed by atoms with Crippen LogP contribution in [0.2, 0.25) is 0 Å². The van der Waals surface area contributed by atoms with Crippen LogP contribution in [0.4, 0.5) is 0 Å². The van der Waals surface area contributed by atoms with Gasteiger partial charge >= 0.3 is 0 Å². The first-order valence-electron chi connectivity index (χ1n) is 7.02. The maximum absolute atomic E-state index is 12.8. The Morgan fingerprint density at radius 3 is 2.26 bits per heavy atom. The first-order valence-corrected chi connectivity index (χ1v) is 8.46. The first-order chi connectivity index (χ1) is 11.0. The molecule has 23 heavy (non-hydrogen) atoms. The number of hydrogen-bond donors (Lipinski definition) is 0. The monoisotopic (exact) mass is 328 g/mol. The number of nitrogens with zero attached hydrogens (tertiary/aromatic N) is 2. The van der Waals surface area contributed by atoms with Gasteiger partial charge in [0.25, 0.3) is 10.0 Å². The van der Waals surface area contributed by atoms with Crippen molar-refractivity contribution in [2.24, 2.45) is 0 Å². The molecule has 2 aromatic carbocycles. The van der Waals surface area contributed by atoms with Gasteiger partial charge in [0.05, 0.1) is 12.0 Å². The molecule has 0 spiro atoms. The average Bonchev–Trinajstić information content (AvgIpc) is 3.06. The van der Waals surface area contributed by atoms with Crippen LogP contribution in [0.5, 0.6) is 5.75 Å². The Balaban J connectivity index is 2.07. The van der Waals surface area contributed by atoms with Gasteiger partial charge in [-0.3, -0.25) is 0 Å². The van der Waals surface area contributed by atoms with Gasteiger partial charge in [0, 0.05) is 18.0 Å². The maximum atomic E-state index is 12.8. The van der Waals surface area contributed by atoms with Crippen molar-refractivity contribution in [1.82, 2.24) is 8.96 Å².